The number of rotatable bonds is 5. The van der Waals surface area contributed by atoms with Gasteiger partial charge in [-0.2, -0.15) is 0 Å². The molecule has 1 unspecified atom stereocenters. The van der Waals surface area contributed by atoms with Crippen molar-refractivity contribution in [3.05, 3.63) is 46.2 Å². The zero-order valence-electron chi connectivity index (χ0n) is 11.8. The Hall–Kier alpha value is -1.04. The van der Waals surface area contributed by atoms with E-state index in [0.717, 1.165) is 16.1 Å². The lowest BCUT2D eigenvalue weighted by Gasteiger charge is -2.29. The molecule has 5 heteroatoms. The highest BCUT2D eigenvalue weighted by molar-refractivity contribution is 7.98. The van der Waals surface area contributed by atoms with Crippen molar-refractivity contribution in [1.29, 1.82) is 0 Å². The van der Waals surface area contributed by atoms with Crippen LogP contribution in [0, 0.1) is 0 Å². The normalized spacial score (nSPS) is 12.2. The quantitative estimate of drug-likeness (QED) is 0.656. The Balaban J connectivity index is 2.44. The van der Waals surface area contributed by atoms with Gasteiger partial charge < -0.3 is 10.6 Å². The maximum atomic E-state index is 5.94. The molecule has 0 amide bonds. The molecule has 1 heterocycles. The first kappa shape index (κ1) is 15.4. The van der Waals surface area contributed by atoms with Gasteiger partial charge >= 0.3 is 0 Å². The molecule has 2 N–H and O–H groups in total. The summed E-state index contributed by atoms with van der Waals surface area (Å²) in [6.45, 7) is 2.20. The summed E-state index contributed by atoms with van der Waals surface area (Å²) >= 11 is 8.69. The Bertz CT molecular complexity index is 593. The van der Waals surface area contributed by atoms with Crippen LogP contribution in [0.2, 0.25) is 0 Å². The molecule has 0 spiro atoms. The summed E-state index contributed by atoms with van der Waals surface area (Å²) in [5, 5.41) is 2.10. The largest absolute Gasteiger partial charge is 0.389 e. The molecule has 0 saturated heterocycles. The molecule has 106 valence electrons. The molecule has 2 rings (SSSR count). The van der Waals surface area contributed by atoms with Crippen molar-refractivity contribution in [3.63, 3.8) is 0 Å². The van der Waals surface area contributed by atoms with Crippen LogP contribution in [0.3, 0.4) is 0 Å². The van der Waals surface area contributed by atoms with Crippen LogP contribution in [0.25, 0.3) is 0 Å². The number of thiophene rings is 1. The van der Waals surface area contributed by atoms with Crippen LogP contribution in [-0.4, -0.2) is 18.3 Å². The molecular formula is C15H18N2S3. The fourth-order valence-electron chi connectivity index (χ4n) is 2.16. The Morgan fingerprint density at radius 3 is 2.65 bits per heavy atom. The van der Waals surface area contributed by atoms with Gasteiger partial charge in [-0.05, 0) is 36.8 Å². The lowest BCUT2D eigenvalue weighted by Crippen LogP contribution is -2.25. The lowest BCUT2D eigenvalue weighted by molar-refractivity contribution is 0.752. The first-order chi connectivity index (χ1) is 9.56. The van der Waals surface area contributed by atoms with Crippen LogP contribution in [0.15, 0.2) is 40.6 Å². The summed E-state index contributed by atoms with van der Waals surface area (Å²) in [6, 6.07) is 10.7. The summed E-state index contributed by atoms with van der Waals surface area (Å²) in [4.78, 5) is 5.14. The molecule has 0 aliphatic carbocycles. The van der Waals surface area contributed by atoms with Crippen LogP contribution in [0.5, 0.6) is 0 Å². The van der Waals surface area contributed by atoms with Crippen molar-refractivity contribution in [2.24, 2.45) is 5.73 Å². The number of anilines is 1. The van der Waals surface area contributed by atoms with Crippen molar-refractivity contribution in [2.75, 3.05) is 18.2 Å². The van der Waals surface area contributed by atoms with E-state index in [4.69, 9.17) is 18.0 Å². The number of thiocarbonyl (C=S) groups is 1. The van der Waals surface area contributed by atoms with Gasteiger partial charge in [0.1, 0.15) is 4.99 Å². The molecule has 0 fully saturated rings. The van der Waals surface area contributed by atoms with Crippen molar-refractivity contribution >= 4 is 46.0 Å². The van der Waals surface area contributed by atoms with E-state index in [2.05, 4.69) is 54.6 Å². The van der Waals surface area contributed by atoms with Gasteiger partial charge in [-0.15, -0.1) is 23.1 Å². The molecule has 0 bridgehead atoms. The molecule has 0 saturated carbocycles. The van der Waals surface area contributed by atoms with Crippen molar-refractivity contribution in [1.82, 2.24) is 0 Å². The first-order valence-electron chi connectivity index (χ1n) is 6.29. The second-order valence-corrected chi connectivity index (χ2v) is 6.79. The van der Waals surface area contributed by atoms with E-state index in [1.54, 1.807) is 23.1 Å². The van der Waals surface area contributed by atoms with Crippen LogP contribution in [0.1, 0.15) is 23.4 Å². The smallest absolute Gasteiger partial charge is 0.107 e. The van der Waals surface area contributed by atoms with Crippen LogP contribution < -0.4 is 10.6 Å². The van der Waals surface area contributed by atoms with Crippen molar-refractivity contribution < 1.29 is 0 Å². The highest BCUT2D eigenvalue weighted by atomic mass is 32.2. The number of hydrogen-bond acceptors (Lipinski definition) is 4. The van der Waals surface area contributed by atoms with Crippen LogP contribution in [-0.2, 0) is 0 Å². The predicted molar refractivity (Wildman–Crippen MR) is 95.2 cm³/mol. The number of nitrogens with zero attached hydrogens (tertiary/aromatic N) is 1. The summed E-state index contributed by atoms with van der Waals surface area (Å²) in [6.07, 6.45) is 2.05. The molecule has 0 aliphatic heterocycles. The van der Waals surface area contributed by atoms with Gasteiger partial charge in [0.25, 0.3) is 0 Å². The summed E-state index contributed by atoms with van der Waals surface area (Å²) in [7, 11) is 2.09. The molecule has 1 aromatic carbocycles. The van der Waals surface area contributed by atoms with Crippen LogP contribution >= 0.6 is 35.3 Å². The number of hydrogen-bond donors (Lipinski definition) is 1. The molecule has 0 aliphatic rings. The van der Waals surface area contributed by atoms with Gasteiger partial charge in [-0.1, -0.05) is 24.4 Å². The summed E-state index contributed by atoms with van der Waals surface area (Å²) in [5.74, 6) is 0. The number of benzene rings is 1. The van der Waals surface area contributed by atoms with Gasteiger partial charge in [-0.3, -0.25) is 0 Å². The maximum absolute atomic E-state index is 5.94. The van der Waals surface area contributed by atoms with Crippen molar-refractivity contribution in [2.45, 2.75) is 17.9 Å². The molecule has 0 radical (unpaired) electrons. The Labute approximate surface area is 134 Å². The number of thioether (sulfide) groups is 1. The topological polar surface area (TPSA) is 29.3 Å². The Morgan fingerprint density at radius 2 is 2.10 bits per heavy atom. The van der Waals surface area contributed by atoms with Crippen molar-refractivity contribution in [3.8, 4) is 0 Å². The second-order valence-electron chi connectivity index (χ2n) is 4.52. The third kappa shape index (κ3) is 3.00. The highest BCUT2D eigenvalue weighted by Crippen LogP contribution is 2.34. The minimum absolute atomic E-state index is 0.292. The minimum Gasteiger partial charge on any atom is -0.389 e. The predicted octanol–water partition coefficient (Wildman–Crippen LogP) is 4.30. The van der Waals surface area contributed by atoms with Gasteiger partial charge in [-0.25, -0.2) is 0 Å². The second kappa shape index (κ2) is 6.61. The number of nitrogens with two attached hydrogens (primary N) is 1. The van der Waals surface area contributed by atoms with Gasteiger partial charge in [0.15, 0.2) is 0 Å². The lowest BCUT2D eigenvalue weighted by atomic mass is 10.1. The van der Waals surface area contributed by atoms with E-state index in [9.17, 15) is 0 Å². The van der Waals surface area contributed by atoms with Gasteiger partial charge in [0, 0.05) is 28.1 Å². The van der Waals surface area contributed by atoms with E-state index in [1.165, 1.54) is 4.88 Å². The van der Waals surface area contributed by atoms with Gasteiger partial charge in [0.2, 0.25) is 0 Å². The van der Waals surface area contributed by atoms with E-state index in [-0.39, 0.29) is 0 Å². The Morgan fingerprint density at radius 1 is 1.35 bits per heavy atom. The molecular weight excluding hydrogens is 304 g/mol. The fraction of sp³-hybridized carbons (Fsp3) is 0.267. The zero-order chi connectivity index (χ0) is 14.7. The Kier molecular flexibility index (Phi) is 5.07. The summed E-state index contributed by atoms with van der Waals surface area (Å²) in [5.41, 5.74) is 8.00. The molecule has 2 aromatic rings. The van der Waals surface area contributed by atoms with E-state index in [0.29, 0.717) is 11.0 Å². The standard InChI is InChI=1S/C15H18N2S3/c1-10(12-8-5-9-20-12)17(2)11-6-4-7-13(19-3)14(11)15(16)18/h4-10H,1-3H3,(H2,16,18). The zero-order valence-corrected chi connectivity index (χ0v) is 14.2. The third-order valence-corrected chi connectivity index (χ3v) is 5.41. The van der Waals surface area contributed by atoms with E-state index in [1.807, 2.05) is 6.26 Å². The molecule has 1 aromatic heterocycles. The molecule has 2 nitrogen and oxygen atoms in total. The van der Waals surface area contributed by atoms with E-state index >= 15 is 0 Å². The fourth-order valence-corrected chi connectivity index (χ4v) is 3.90. The SMILES string of the molecule is CSc1cccc(N(C)C(C)c2cccs2)c1C(N)=S. The summed E-state index contributed by atoms with van der Waals surface area (Å²) < 4.78 is 0. The maximum Gasteiger partial charge on any atom is 0.107 e. The third-order valence-electron chi connectivity index (χ3n) is 3.39. The minimum atomic E-state index is 0.292. The van der Waals surface area contributed by atoms with Crippen LogP contribution in [0.4, 0.5) is 5.69 Å². The first-order valence-corrected chi connectivity index (χ1v) is 8.80. The van der Waals surface area contributed by atoms with E-state index < -0.39 is 0 Å². The molecule has 20 heavy (non-hydrogen) atoms. The molecule has 1 atom stereocenters. The monoisotopic (exact) mass is 322 g/mol. The highest BCUT2D eigenvalue weighted by Gasteiger charge is 2.19. The average Bonchev–Trinajstić information content (AvgIpc) is 2.98. The van der Waals surface area contributed by atoms with Gasteiger partial charge in [0.05, 0.1) is 6.04 Å². The average molecular weight is 323 g/mol.